The maximum atomic E-state index is 11.7. The molecule has 1 heterocycles. The summed E-state index contributed by atoms with van der Waals surface area (Å²) in [5.41, 5.74) is 5.44. The molecule has 100 valence electrons. The Morgan fingerprint density at radius 1 is 1.53 bits per heavy atom. The summed E-state index contributed by atoms with van der Waals surface area (Å²) in [5.74, 6) is -0.754. The summed E-state index contributed by atoms with van der Waals surface area (Å²) in [6.07, 6.45) is 0.868. The third kappa shape index (κ3) is 4.49. The minimum atomic E-state index is -0.655. The molecule has 1 aliphatic heterocycles. The Morgan fingerprint density at radius 3 is 2.65 bits per heavy atom. The Balaban J connectivity index is 0.00000256. The van der Waals surface area contributed by atoms with Crippen LogP contribution in [0.25, 0.3) is 0 Å². The van der Waals surface area contributed by atoms with Crippen molar-refractivity contribution in [3.05, 3.63) is 0 Å². The molecule has 0 spiro atoms. The van der Waals surface area contributed by atoms with Crippen LogP contribution in [-0.4, -0.2) is 43.8 Å². The van der Waals surface area contributed by atoms with Crippen molar-refractivity contribution in [1.82, 2.24) is 5.32 Å². The lowest BCUT2D eigenvalue weighted by Gasteiger charge is -2.15. The highest BCUT2D eigenvalue weighted by molar-refractivity contribution is 5.86. The third-order valence-electron chi connectivity index (χ3n) is 2.58. The fourth-order valence-electron chi connectivity index (χ4n) is 1.61. The molecule has 3 N–H and O–H groups in total. The number of hydrogen-bond acceptors (Lipinski definition) is 5. The van der Waals surface area contributed by atoms with Gasteiger partial charge in [0.2, 0.25) is 5.91 Å². The average molecular weight is 267 g/mol. The Labute approximate surface area is 107 Å². The second-order valence-corrected chi connectivity index (χ2v) is 3.81. The van der Waals surface area contributed by atoms with Gasteiger partial charge in [-0.1, -0.05) is 0 Å². The molecule has 0 radical (unpaired) electrons. The van der Waals surface area contributed by atoms with Gasteiger partial charge >= 0.3 is 5.97 Å². The Morgan fingerprint density at radius 2 is 2.18 bits per heavy atom. The summed E-state index contributed by atoms with van der Waals surface area (Å²) < 4.78 is 9.90. The quantitative estimate of drug-likeness (QED) is 0.675. The molecule has 1 unspecified atom stereocenters. The fraction of sp³-hybridized carbons (Fsp3) is 0.800. The van der Waals surface area contributed by atoms with E-state index in [0.717, 1.165) is 6.42 Å². The molecule has 0 aromatic carbocycles. The normalized spacial score (nSPS) is 24.6. The molecule has 0 saturated carbocycles. The van der Waals surface area contributed by atoms with E-state index < -0.39 is 18.1 Å². The molecule has 3 atom stereocenters. The highest BCUT2D eigenvalue weighted by Crippen LogP contribution is 2.18. The molecule has 1 amide bonds. The van der Waals surface area contributed by atoms with Gasteiger partial charge in [0.1, 0.15) is 12.1 Å². The van der Waals surface area contributed by atoms with Crippen LogP contribution in [-0.2, 0) is 19.1 Å². The van der Waals surface area contributed by atoms with Crippen LogP contribution >= 0.6 is 12.4 Å². The number of rotatable bonds is 4. The number of hydrogen-bond donors (Lipinski definition) is 2. The SMILES string of the molecule is COC(=O)C(C)NC(=O)[C@@H]1CC[C@H](CN)O1.Cl. The Kier molecular flexibility index (Phi) is 7.10. The van der Waals surface area contributed by atoms with Crippen molar-refractivity contribution in [2.75, 3.05) is 13.7 Å². The van der Waals surface area contributed by atoms with Gasteiger partial charge in [-0.25, -0.2) is 4.79 Å². The lowest BCUT2D eigenvalue weighted by molar-refractivity contribution is -0.146. The second-order valence-electron chi connectivity index (χ2n) is 3.81. The highest BCUT2D eigenvalue weighted by atomic mass is 35.5. The molecule has 0 aromatic rings. The number of esters is 1. The van der Waals surface area contributed by atoms with E-state index in [1.807, 2.05) is 0 Å². The molecule has 0 aliphatic carbocycles. The van der Waals surface area contributed by atoms with Crippen LogP contribution in [0.2, 0.25) is 0 Å². The van der Waals surface area contributed by atoms with Gasteiger partial charge < -0.3 is 20.5 Å². The van der Waals surface area contributed by atoms with E-state index in [0.29, 0.717) is 13.0 Å². The summed E-state index contributed by atoms with van der Waals surface area (Å²) in [7, 11) is 1.28. The highest BCUT2D eigenvalue weighted by Gasteiger charge is 2.31. The van der Waals surface area contributed by atoms with Crippen molar-refractivity contribution in [2.45, 2.75) is 38.0 Å². The number of nitrogens with one attached hydrogen (secondary N) is 1. The van der Waals surface area contributed by atoms with E-state index in [9.17, 15) is 9.59 Å². The summed E-state index contributed by atoms with van der Waals surface area (Å²) in [6, 6.07) is -0.655. The van der Waals surface area contributed by atoms with Crippen LogP contribution in [0.5, 0.6) is 0 Å². The van der Waals surface area contributed by atoms with Gasteiger partial charge in [-0.05, 0) is 19.8 Å². The zero-order chi connectivity index (χ0) is 12.1. The molecular weight excluding hydrogens is 248 g/mol. The Bertz CT molecular complexity index is 275. The van der Waals surface area contributed by atoms with Gasteiger partial charge in [0, 0.05) is 6.54 Å². The van der Waals surface area contributed by atoms with E-state index in [1.54, 1.807) is 6.92 Å². The summed E-state index contributed by atoms with van der Waals surface area (Å²) >= 11 is 0. The molecule has 17 heavy (non-hydrogen) atoms. The van der Waals surface area contributed by atoms with Gasteiger partial charge in [0.05, 0.1) is 13.2 Å². The fourth-order valence-corrected chi connectivity index (χ4v) is 1.61. The largest absolute Gasteiger partial charge is 0.467 e. The van der Waals surface area contributed by atoms with Crippen molar-refractivity contribution < 1.29 is 19.1 Å². The maximum Gasteiger partial charge on any atom is 0.328 e. The summed E-state index contributed by atoms with van der Waals surface area (Å²) in [5, 5.41) is 2.54. The molecule has 7 heteroatoms. The van der Waals surface area contributed by atoms with Crippen molar-refractivity contribution in [3.63, 3.8) is 0 Å². The first-order valence-corrected chi connectivity index (χ1v) is 5.32. The first-order chi connectivity index (χ1) is 7.58. The molecule has 6 nitrogen and oxygen atoms in total. The van der Waals surface area contributed by atoms with Gasteiger partial charge in [-0.15, -0.1) is 12.4 Å². The predicted octanol–water partition coefficient (Wildman–Crippen LogP) is -0.408. The zero-order valence-corrected chi connectivity index (χ0v) is 10.8. The van der Waals surface area contributed by atoms with Crippen molar-refractivity contribution >= 4 is 24.3 Å². The smallest absolute Gasteiger partial charge is 0.328 e. The van der Waals surface area contributed by atoms with Crippen LogP contribution in [0.4, 0.5) is 0 Å². The first kappa shape index (κ1) is 16.1. The number of carbonyl (C=O) groups is 2. The molecule has 0 aromatic heterocycles. The van der Waals surface area contributed by atoms with Gasteiger partial charge in [0.25, 0.3) is 0 Å². The molecule has 1 fully saturated rings. The van der Waals surface area contributed by atoms with Crippen molar-refractivity contribution in [3.8, 4) is 0 Å². The van der Waals surface area contributed by atoms with Gasteiger partial charge in [-0.2, -0.15) is 0 Å². The van der Waals surface area contributed by atoms with Crippen LogP contribution in [0.3, 0.4) is 0 Å². The average Bonchev–Trinajstić information content (AvgIpc) is 2.76. The summed E-state index contributed by atoms with van der Waals surface area (Å²) in [4.78, 5) is 22.7. The van der Waals surface area contributed by atoms with Crippen LogP contribution in [0.15, 0.2) is 0 Å². The number of ether oxygens (including phenoxy) is 2. The zero-order valence-electron chi connectivity index (χ0n) is 9.97. The van der Waals surface area contributed by atoms with Crippen molar-refractivity contribution in [1.29, 1.82) is 0 Å². The van der Waals surface area contributed by atoms with E-state index in [4.69, 9.17) is 10.5 Å². The third-order valence-corrected chi connectivity index (χ3v) is 2.58. The van der Waals surface area contributed by atoms with Crippen LogP contribution < -0.4 is 11.1 Å². The topological polar surface area (TPSA) is 90.7 Å². The van der Waals surface area contributed by atoms with Crippen LogP contribution in [0, 0.1) is 0 Å². The molecule has 1 rings (SSSR count). The van der Waals surface area contributed by atoms with Gasteiger partial charge in [0.15, 0.2) is 0 Å². The first-order valence-electron chi connectivity index (χ1n) is 5.32. The number of methoxy groups -OCH3 is 1. The maximum absolute atomic E-state index is 11.7. The minimum absolute atomic E-state index is 0. The van der Waals surface area contributed by atoms with E-state index >= 15 is 0 Å². The number of nitrogens with two attached hydrogens (primary N) is 1. The lowest BCUT2D eigenvalue weighted by Crippen LogP contribution is -2.44. The second kappa shape index (κ2) is 7.47. The molecule has 1 aliphatic rings. The number of carbonyl (C=O) groups excluding carboxylic acids is 2. The van der Waals surface area contributed by atoms with E-state index in [-0.39, 0.29) is 24.4 Å². The molecule has 0 bridgehead atoms. The number of halogens is 1. The summed E-state index contributed by atoms with van der Waals surface area (Å²) in [6.45, 7) is 1.98. The monoisotopic (exact) mass is 266 g/mol. The lowest BCUT2D eigenvalue weighted by atomic mass is 10.2. The van der Waals surface area contributed by atoms with Crippen LogP contribution in [0.1, 0.15) is 19.8 Å². The predicted molar refractivity (Wildman–Crippen MR) is 63.8 cm³/mol. The van der Waals surface area contributed by atoms with E-state index in [1.165, 1.54) is 7.11 Å². The van der Waals surface area contributed by atoms with Gasteiger partial charge in [-0.3, -0.25) is 4.79 Å². The minimum Gasteiger partial charge on any atom is -0.467 e. The molecule has 1 saturated heterocycles. The van der Waals surface area contributed by atoms with Crippen molar-refractivity contribution in [2.24, 2.45) is 5.73 Å². The molecular formula is C10H19ClN2O4. The van der Waals surface area contributed by atoms with E-state index in [2.05, 4.69) is 10.1 Å². The number of amides is 1. The Hall–Kier alpha value is -0.850. The standard InChI is InChI=1S/C10H18N2O4.ClH/c1-6(10(14)15-2)12-9(13)8-4-3-7(5-11)16-8;/h6-8H,3-5,11H2,1-2H3,(H,12,13);1H/t6?,7-,8+;/m1./s1.